The number of benzene rings is 3. The molecule has 6 heteroatoms. The van der Waals surface area contributed by atoms with Gasteiger partial charge in [0.25, 0.3) is 0 Å². The van der Waals surface area contributed by atoms with Crippen molar-refractivity contribution in [3.63, 3.8) is 0 Å². The molecule has 0 aliphatic heterocycles. The lowest BCUT2D eigenvalue weighted by atomic mass is 10.1. The van der Waals surface area contributed by atoms with E-state index in [1.807, 2.05) is 73.8 Å². The molecule has 4 aromatic rings. The van der Waals surface area contributed by atoms with E-state index < -0.39 is 6.10 Å². The van der Waals surface area contributed by atoms with Gasteiger partial charge < -0.3 is 14.6 Å². The molecule has 6 nitrogen and oxygen atoms in total. The van der Waals surface area contributed by atoms with Crippen LogP contribution in [0.4, 0.5) is 0 Å². The standard InChI is InChI=1S/C30H33N3O3/c1-3-19-35-23-26(34)21-33(20-24-13-7-4-8-14-24)22-28-29(25-15-9-5-10-16-25)31-32(2)30(28)36-27-17-11-6-12-18-27/h3-18,26,34H,1,19-23H2,2H3/t26-/m0/s1. The molecule has 0 saturated heterocycles. The first-order valence-corrected chi connectivity index (χ1v) is 12.1. The van der Waals surface area contributed by atoms with Crippen molar-refractivity contribution in [2.75, 3.05) is 19.8 Å². The Balaban J connectivity index is 1.68. The molecule has 36 heavy (non-hydrogen) atoms. The van der Waals surface area contributed by atoms with Crippen molar-refractivity contribution in [2.45, 2.75) is 19.2 Å². The van der Waals surface area contributed by atoms with Gasteiger partial charge in [-0.05, 0) is 17.7 Å². The SMILES string of the molecule is C=CCOC[C@@H](O)CN(Cc1ccccc1)Cc1c(-c2ccccc2)nn(C)c1Oc1ccccc1. The van der Waals surface area contributed by atoms with Gasteiger partial charge in [-0.25, -0.2) is 4.68 Å². The number of hydrogen-bond acceptors (Lipinski definition) is 5. The van der Waals surface area contributed by atoms with E-state index in [1.165, 1.54) is 0 Å². The zero-order valence-corrected chi connectivity index (χ0v) is 20.7. The molecule has 0 unspecified atom stereocenters. The van der Waals surface area contributed by atoms with E-state index in [9.17, 15) is 5.11 Å². The fourth-order valence-corrected chi connectivity index (χ4v) is 4.14. The van der Waals surface area contributed by atoms with Crippen LogP contribution in [0, 0.1) is 0 Å². The van der Waals surface area contributed by atoms with Crippen LogP contribution < -0.4 is 4.74 Å². The Morgan fingerprint density at radius 3 is 2.25 bits per heavy atom. The number of aliphatic hydroxyl groups is 1. The Morgan fingerprint density at radius 1 is 0.944 bits per heavy atom. The number of hydrogen-bond donors (Lipinski definition) is 1. The molecule has 0 aliphatic rings. The molecular formula is C30H33N3O3. The average Bonchev–Trinajstić information content (AvgIpc) is 3.20. The Morgan fingerprint density at radius 2 is 1.58 bits per heavy atom. The van der Waals surface area contributed by atoms with Gasteiger partial charge in [-0.3, -0.25) is 4.90 Å². The molecule has 0 bridgehead atoms. The summed E-state index contributed by atoms with van der Waals surface area (Å²) < 4.78 is 13.7. The van der Waals surface area contributed by atoms with Crippen LogP contribution in [-0.2, 0) is 24.9 Å². The first-order chi connectivity index (χ1) is 17.6. The summed E-state index contributed by atoms with van der Waals surface area (Å²) in [6.45, 7) is 5.95. The van der Waals surface area contributed by atoms with Crippen molar-refractivity contribution < 1.29 is 14.6 Å². The van der Waals surface area contributed by atoms with Crippen LogP contribution in [-0.4, -0.2) is 45.6 Å². The minimum atomic E-state index is -0.649. The molecule has 1 heterocycles. The van der Waals surface area contributed by atoms with Gasteiger partial charge in [-0.15, -0.1) is 6.58 Å². The minimum Gasteiger partial charge on any atom is -0.439 e. The third-order valence-electron chi connectivity index (χ3n) is 5.74. The van der Waals surface area contributed by atoms with Crippen LogP contribution in [0.25, 0.3) is 11.3 Å². The maximum Gasteiger partial charge on any atom is 0.222 e. The molecule has 1 aromatic heterocycles. The lowest BCUT2D eigenvalue weighted by Crippen LogP contribution is -2.34. The fraction of sp³-hybridized carbons (Fsp3) is 0.233. The summed E-state index contributed by atoms with van der Waals surface area (Å²) in [5, 5.41) is 15.6. The highest BCUT2D eigenvalue weighted by Crippen LogP contribution is 2.34. The topological polar surface area (TPSA) is 59.8 Å². The first kappa shape index (κ1) is 25.4. The average molecular weight is 484 g/mol. The molecule has 3 aromatic carbocycles. The summed E-state index contributed by atoms with van der Waals surface area (Å²) in [6, 6.07) is 30.1. The van der Waals surface area contributed by atoms with Gasteiger partial charge in [0, 0.05) is 32.2 Å². The van der Waals surface area contributed by atoms with E-state index in [4.69, 9.17) is 14.6 Å². The number of ether oxygens (including phenoxy) is 2. The maximum absolute atomic E-state index is 10.7. The van der Waals surface area contributed by atoms with Crippen LogP contribution in [0.15, 0.2) is 104 Å². The molecule has 0 amide bonds. The van der Waals surface area contributed by atoms with Crippen molar-refractivity contribution in [1.82, 2.24) is 14.7 Å². The maximum atomic E-state index is 10.7. The van der Waals surface area contributed by atoms with E-state index in [1.54, 1.807) is 10.8 Å². The number of aryl methyl sites for hydroxylation is 1. The first-order valence-electron chi connectivity index (χ1n) is 12.1. The summed E-state index contributed by atoms with van der Waals surface area (Å²) in [6.07, 6.45) is 1.03. The van der Waals surface area contributed by atoms with Crippen molar-refractivity contribution in [1.29, 1.82) is 0 Å². The predicted octanol–water partition coefficient (Wildman–Crippen LogP) is 5.45. The monoisotopic (exact) mass is 483 g/mol. The predicted molar refractivity (Wildman–Crippen MR) is 143 cm³/mol. The van der Waals surface area contributed by atoms with E-state index >= 15 is 0 Å². The highest BCUT2D eigenvalue weighted by atomic mass is 16.5. The van der Waals surface area contributed by atoms with Gasteiger partial charge in [-0.2, -0.15) is 5.10 Å². The number of aromatic nitrogens is 2. The second-order valence-electron chi connectivity index (χ2n) is 8.67. The lowest BCUT2D eigenvalue weighted by molar-refractivity contribution is 0.0228. The number of nitrogens with zero attached hydrogens (tertiary/aromatic N) is 3. The van der Waals surface area contributed by atoms with Crippen molar-refractivity contribution in [3.8, 4) is 22.9 Å². The van der Waals surface area contributed by atoms with E-state index in [-0.39, 0.29) is 6.61 Å². The molecule has 0 fully saturated rings. The molecular weight excluding hydrogens is 450 g/mol. The van der Waals surface area contributed by atoms with E-state index in [0.717, 1.165) is 28.1 Å². The van der Waals surface area contributed by atoms with E-state index in [0.29, 0.717) is 32.1 Å². The van der Waals surface area contributed by atoms with Gasteiger partial charge in [0.15, 0.2) is 0 Å². The highest BCUT2D eigenvalue weighted by molar-refractivity contribution is 5.65. The molecule has 186 valence electrons. The van der Waals surface area contributed by atoms with Crippen molar-refractivity contribution in [2.24, 2.45) is 7.05 Å². The summed E-state index contributed by atoms with van der Waals surface area (Å²) in [7, 11) is 1.90. The fourth-order valence-electron chi connectivity index (χ4n) is 4.14. The van der Waals surface area contributed by atoms with Gasteiger partial charge >= 0.3 is 0 Å². The zero-order chi connectivity index (χ0) is 25.2. The van der Waals surface area contributed by atoms with Crippen LogP contribution in [0.5, 0.6) is 11.6 Å². The van der Waals surface area contributed by atoms with Crippen LogP contribution >= 0.6 is 0 Å². The molecule has 4 rings (SSSR count). The molecule has 1 atom stereocenters. The highest BCUT2D eigenvalue weighted by Gasteiger charge is 2.23. The summed E-state index contributed by atoms with van der Waals surface area (Å²) >= 11 is 0. The molecule has 0 radical (unpaired) electrons. The van der Waals surface area contributed by atoms with Gasteiger partial charge in [0.05, 0.1) is 24.9 Å². The molecule has 0 saturated carbocycles. The zero-order valence-electron chi connectivity index (χ0n) is 20.7. The Hall–Kier alpha value is -3.71. The molecule has 0 spiro atoms. The van der Waals surface area contributed by atoms with Crippen molar-refractivity contribution >= 4 is 0 Å². The Kier molecular flexibility index (Phi) is 9.05. The smallest absolute Gasteiger partial charge is 0.222 e. The Labute approximate surface area is 213 Å². The second-order valence-corrected chi connectivity index (χ2v) is 8.67. The summed E-state index contributed by atoms with van der Waals surface area (Å²) in [5.74, 6) is 1.42. The van der Waals surface area contributed by atoms with Crippen molar-refractivity contribution in [3.05, 3.63) is 115 Å². The molecule has 1 N–H and O–H groups in total. The lowest BCUT2D eigenvalue weighted by Gasteiger charge is -2.26. The summed E-state index contributed by atoms with van der Waals surface area (Å²) in [4.78, 5) is 2.21. The number of aliphatic hydroxyl groups excluding tert-OH is 1. The van der Waals surface area contributed by atoms with Crippen LogP contribution in [0.2, 0.25) is 0 Å². The quantitative estimate of drug-likeness (QED) is 0.203. The van der Waals surface area contributed by atoms with Crippen LogP contribution in [0.3, 0.4) is 0 Å². The van der Waals surface area contributed by atoms with E-state index in [2.05, 4.69) is 35.7 Å². The third-order valence-corrected chi connectivity index (χ3v) is 5.74. The third kappa shape index (κ3) is 6.92. The normalized spacial score (nSPS) is 12.0. The molecule has 0 aliphatic carbocycles. The number of rotatable bonds is 13. The Bertz CT molecular complexity index is 1210. The second kappa shape index (κ2) is 12.8. The van der Waals surface area contributed by atoms with Gasteiger partial charge in [0.2, 0.25) is 5.88 Å². The van der Waals surface area contributed by atoms with Gasteiger partial charge in [-0.1, -0.05) is 84.9 Å². The number of para-hydroxylation sites is 1. The minimum absolute atomic E-state index is 0.239. The largest absolute Gasteiger partial charge is 0.439 e. The van der Waals surface area contributed by atoms with Crippen LogP contribution in [0.1, 0.15) is 11.1 Å². The van der Waals surface area contributed by atoms with Gasteiger partial charge in [0.1, 0.15) is 11.4 Å². The summed E-state index contributed by atoms with van der Waals surface area (Å²) in [5.41, 5.74) is 4.00.